The molecule has 0 aromatic carbocycles. The third kappa shape index (κ3) is 13.9. The topological polar surface area (TPSA) is 40.5 Å². The van der Waals surface area contributed by atoms with Crippen molar-refractivity contribution >= 4 is 0 Å². The van der Waals surface area contributed by atoms with Crippen LogP contribution in [-0.4, -0.2) is 22.4 Å². The highest BCUT2D eigenvalue weighted by molar-refractivity contribution is 4.74. The van der Waals surface area contributed by atoms with Gasteiger partial charge in [0.15, 0.2) is 0 Å². The highest BCUT2D eigenvalue weighted by Crippen LogP contribution is 2.13. The second-order valence-electron chi connectivity index (χ2n) is 5.68. The minimum Gasteiger partial charge on any atom is -0.393 e. The van der Waals surface area contributed by atoms with Gasteiger partial charge in [0.25, 0.3) is 0 Å². The maximum atomic E-state index is 9.75. The molecule has 0 bridgehead atoms. The summed E-state index contributed by atoms with van der Waals surface area (Å²) in [4.78, 5) is 0. The first-order valence-corrected chi connectivity index (χ1v) is 8.17. The van der Waals surface area contributed by atoms with Crippen molar-refractivity contribution in [3.63, 3.8) is 0 Å². The molecule has 0 aliphatic rings. The van der Waals surface area contributed by atoms with E-state index in [1.54, 1.807) is 6.08 Å². The highest BCUT2D eigenvalue weighted by atomic mass is 16.3. The van der Waals surface area contributed by atoms with Gasteiger partial charge in [0, 0.05) is 0 Å². The first kappa shape index (κ1) is 18.7. The van der Waals surface area contributed by atoms with Crippen molar-refractivity contribution < 1.29 is 10.2 Å². The van der Waals surface area contributed by atoms with Gasteiger partial charge >= 0.3 is 0 Å². The lowest BCUT2D eigenvalue weighted by atomic mass is 10.0. The number of hydrogen-bond acceptors (Lipinski definition) is 2. The van der Waals surface area contributed by atoms with Crippen molar-refractivity contribution in [1.82, 2.24) is 0 Å². The second kappa shape index (κ2) is 14.1. The summed E-state index contributed by atoms with van der Waals surface area (Å²) in [5.74, 6) is 0. The molecular formula is C17H34O2. The molecule has 2 nitrogen and oxygen atoms in total. The molecule has 0 unspecified atom stereocenters. The fourth-order valence-electron chi connectivity index (χ4n) is 2.41. The smallest absolute Gasteiger partial charge is 0.0599 e. The minimum atomic E-state index is -0.425. The molecular weight excluding hydrogens is 236 g/mol. The van der Waals surface area contributed by atoms with Crippen LogP contribution in [-0.2, 0) is 0 Å². The van der Waals surface area contributed by atoms with Crippen LogP contribution in [0.5, 0.6) is 0 Å². The maximum Gasteiger partial charge on any atom is 0.0599 e. The van der Waals surface area contributed by atoms with Crippen LogP contribution in [0, 0.1) is 0 Å². The zero-order valence-corrected chi connectivity index (χ0v) is 12.8. The van der Waals surface area contributed by atoms with E-state index < -0.39 is 6.10 Å². The quantitative estimate of drug-likeness (QED) is 0.358. The van der Waals surface area contributed by atoms with E-state index in [9.17, 15) is 10.2 Å². The molecule has 114 valence electrons. The van der Waals surface area contributed by atoms with E-state index in [1.165, 1.54) is 51.4 Å². The lowest BCUT2D eigenvalue weighted by molar-refractivity contribution is 0.0757. The Morgan fingerprint density at radius 1 is 0.842 bits per heavy atom. The van der Waals surface area contributed by atoms with Crippen molar-refractivity contribution in [3.8, 4) is 0 Å². The molecule has 2 heteroatoms. The summed E-state index contributed by atoms with van der Waals surface area (Å²) in [6, 6.07) is 0. The van der Waals surface area contributed by atoms with E-state index >= 15 is 0 Å². The zero-order valence-electron chi connectivity index (χ0n) is 12.8. The molecule has 0 fully saturated rings. The van der Waals surface area contributed by atoms with Gasteiger partial charge < -0.3 is 10.2 Å². The highest BCUT2D eigenvalue weighted by Gasteiger charge is 2.10. The summed E-state index contributed by atoms with van der Waals surface area (Å²) in [5.41, 5.74) is 0. The van der Waals surface area contributed by atoms with E-state index in [0.29, 0.717) is 12.8 Å². The Hall–Kier alpha value is -0.340. The van der Waals surface area contributed by atoms with Crippen molar-refractivity contribution in [1.29, 1.82) is 0 Å². The summed E-state index contributed by atoms with van der Waals surface area (Å²) >= 11 is 0. The summed E-state index contributed by atoms with van der Waals surface area (Å²) < 4.78 is 0. The summed E-state index contributed by atoms with van der Waals surface area (Å²) in [6.45, 7) is 5.84. The normalized spacial score (nSPS) is 14.3. The number of aliphatic hydroxyl groups excluding tert-OH is 2. The fraction of sp³-hybridized carbons (Fsp3) is 0.882. The molecule has 19 heavy (non-hydrogen) atoms. The van der Waals surface area contributed by atoms with Gasteiger partial charge in [-0.25, -0.2) is 0 Å². The zero-order chi connectivity index (χ0) is 14.3. The molecule has 0 aromatic heterocycles. The lowest BCUT2D eigenvalue weighted by Crippen LogP contribution is -2.16. The molecule has 0 saturated carbocycles. The van der Waals surface area contributed by atoms with Gasteiger partial charge in [0.05, 0.1) is 12.2 Å². The van der Waals surface area contributed by atoms with Crippen LogP contribution < -0.4 is 0 Å². The van der Waals surface area contributed by atoms with E-state index in [4.69, 9.17) is 0 Å². The van der Waals surface area contributed by atoms with Crippen LogP contribution in [0.4, 0.5) is 0 Å². The molecule has 0 amide bonds. The lowest BCUT2D eigenvalue weighted by Gasteiger charge is -2.14. The Kier molecular flexibility index (Phi) is 13.8. The largest absolute Gasteiger partial charge is 0.393 e. The second-order valence-corrected chi connectivity index (χ2v) is 5.68. The van der Waals surface area contributed by atoms with E-state index in [1.807, 2.05) is 0 Å². The van der Waals surface area contributed by atoms with Crippen molar-refractivity contribution in [2.75, 3.05) is 0 Å². The molecule has 0 heterocycles. The van der Waals surface area contributed by atoms with Gasteiger partial charge in [-0.05, 0) is 19.3 Å². The average molecular weight is 270 g/mol. The SMILES string of the molecule is C=CC[C@@H](O)C[C@H](O)CCCCCCCCCCC. The number of aliphatic hydroxyl groups is 2. The fourth-order valence-corrected chi connectivity index (χ4v) is 2.41. The van der Waals surface area contributed by atoms with E-state index in [2.05, 4.69) is 13.5 Å². The number of unbranched alkanes of at least 4 members (excludes halogenated alkanes) is 8. The van der Waals surface area contributed by atoms with Crippen molar-refractivity contribution in [2.45, 2.75) is 96.2 Å². The van der Waals surface area contributed by atoms with Crippen LogP contribution in [0.2, 0.25) is 0 Å². The van der Waals surface area contributed by atoms with Crippen LogP contribution in [0.15, 0.2) is 12.7 Å². The molecule has 0 rings (SSSR count). The third-order valence-corrected chi connectivity index (χ3v) is 3.62. The van der Waals surface area contributed by atoms with Gasteiger partial charge in [-0.1, -0.05) is 70.8 Å². The molecule has 0 aromatic rings. The Morgan fingerprint density at radius 3 is 1.89 bits per heavy atom. The van der Waals surface area contributed by atoms with Crippen LogP contribution in [0.1, 0.15) is 84.0 Å². The third-order valence-electron chi connectivity index (χ3n) is 3.62. The molecule has 0 spiro atoms. The summed E-state index contributed by atoms with van der Waals surface area (Å²) in [5, 5.41) is 19.3. The first-order valence-electron chi connectivity index (χ1n) is 8.17. The molecule has 0 aliphatic carbocycles. The number of rotatable bonds is 14. The van der Waals surface area contributed by atoms with Gasteiger partial charge in [-0.15, -0.1) is 6.58 Å². The Bertz CT molecular complexity index is 192. The first-order chi connectivity index (χ1) is 9.20. The van der Waals surface area contributed by atoms with Gasteiger partial charge in [-0.3, -0.25) is 0 Å². The molecule has 2 N–H and O–H groups in total. The molecule has 0 saturated heterocycles. The van der Waals surface area contributed by atoms with Crippen molar-refractivity contribution in [3.05, 3.63) is 12.7 Å². The average Bonchev–Trinajstić information content (AvgIpc) is 2.37. The molecule has 0 aliphatic heterocycles. The maximum absolute atomic E-state index is 9.75. The monoisotopic (exact) mass is 270 g/mol. The van der Waals surface area contributed by atoms with Crippen LogP contribution in [0.3, 0.4) is 0 Å². The minimum absolute atomic E-state index is 0.348. The van der Waals surface area contributed by atoms with Gasteiger partial charge in [-0.2, -0.15) is 0 Å². The standard InChI is InChI=1S/C17H34O2/c1-3-5-6-7-8-9-10-11-12-14-17(19)15-16(18)13-4-2/h4,16-19H,2-3,5-15H2,1H3/t16-,17-/m1/s1. The van der Waals surface area contributed by atoms with Gasteiger partial charge in [0.2, 0.25) is 0 Å². The van der Waals surface area contributed by atoms with E-state index in [0.717, 1.165) is 12.8 Å². The Morgan fingerprint density at radius 2 is 1.37 bits per heavy atom. The molecule has 2 atom stereocenters. The van der Waals surface area contributed by atoms with Crippen LogP contribution in [0.25, 0.3) is 0 Å². The molecule has 0 radical (unpaired) electrons. The Balaban J connectivity index is 3.22. The predicted molar refractivity (Wildman–Crippen MR) is 83.3 cm³/mol. The van der Waals surface area contributed by atoms with Crippen LogP contribution >= 0.6 is 0 Å². The van der Waals surface area contributed by atoms with Crippen molar-refractivity contribution in [2.24, 2.45) is 0 Å². The summed E-state index contributed by atoms with van der Waals surface area (Å²) in [6.07, 6.45) is 14.5. The van der Waals surface area contributed by atoms with Gasteiger partial charge in [0.1, 0.15) is 0 Å². The predicted octanol–water partition coefficient (Wildman–Crippen LogP) is 4.60. The Labute approximate surface area is 119 Å². The number of hydrogen-bond donors (Lipinski definition) is 2. The summed E-state index contributed by atoms with van der Waals surface area (Å²) in [7, 11) is 0. The van der Waals surface area contributed by atoms with E-state index in [-0.39, 0.29) is 6.10 Å².